The first-order valence-electron chi connectivity index (χ1n) is 4.47. The molecule has 1 rings (SSSR count). The smallest absolute Gasteiger partial charge is 0.222 e. The first-order chi connectivity index (χ1) is 7.04. The highest BCUT2D eigenvalue weighted by Gasteiger charge is 2.21. The third-order valence-corrected chi connectivity index (χ3v) is 1.66. The number of nitrogens with one attached hydrogen (secondary N) is 1. The molecule has 0 spiro atoms. The second kappa shape index (κ2) is 4.54. The zero-order valence-electron chi connectivity index (χ0n) is 8.49. The van der Waals surface area contributed by atoms with Crippen molar-refractivity contribution in [2.24, 2.45) is 0 Å². The van der Waals surface area contributed by atoms with Crippen molar-refractivity contribution in [1.82, 2.24) is 5.32 Å². The number of rotatable bonds is 3. The number of ketones is 2. The van der Waals surface area contributed by atoms with Crippen LogP contribution in [0.2, 0.25) is 0 Å². The summed E-state index contributed by atoms with van der Waals surface area (Å²) in [7, 11) is 0. The van der Waals surface area contributed by atoms with Gasteiger partial charge in [-0.3, -0.25) is 14.4 Å². The quantitative estimate of drug-likeness (QED) is 0.668. The molecule has 1 amide bonds. The summed E-state index contributed by atoms with van der Waals surface area (Å²) in [6.07, 6.45) is 2.14. The maximum absolute atomic E-state index is 11.4. The number of ether oxygens (including phenoxy) is 1. The van der Waals surface area contributed by atoms with Crippen LogP contribution in [0.15, 0.2) is 23.6 Å². The third kappa shape index (κ3) is 2.77. The van der Waals surface area contributed by atoms with Crippen LogP contribution < -0.4 is 5.32 Å². The molecule has 0 atom stereocenters. The van der Waals surface area contributed by atoms with E-state index in [1.807, 2.05) is 0 Å². The molecule has 1 aliphatic rings. The van der Waals surface area contributed by atoms with Crippen molar-refractivity contribution >= 4 is 17.5 Å². The molecule has 0 aliphatic heterocycles. The highest BCUT2D eigenvalue weighted by Crippen LogP contribution is 2.10. The highest BCUT2D eigenvalue weighted by molar-refractivity contribution is 6.19. The Kier molecular flexibility index (Phi) is 3.38. The minimum Gasteiger partial charge on any atom is -0.490 e. The maximum atomic E-state index is 11.4. The van der Waals surface area contributed by atoms with E-state index in [-0.39, 0.29) is 11.5 Å². The first kappa shape index (κ1) is 11.2. The topological polar surface area (TPSA) is 72.5 Å². The van der Waals surface area contributed by atoms with Crippen LogP contribution in [-0.4, -0.2) is 24.1 Å². The average molecular weight is 209 g/mol. The second-order valence-electron chi connectivity index (χ2n) is 2.91. The summed E-state index contributed by atoms with van der Waals surface area (Å²) in [6, 6.07) is 0. The van der Waals surface area contributed by atoms with E-state index in [1.54, 1.807) is 6.92 Å². The molecule has 0 aromatic heterocycles. The molecule has 15 heavy (non-hydrogen) atoms. The Morgan fingerprint density at radius 2 is 2.00 bits per heavy atom. The lowest BCUT2D eigenvalue weighted by atomic mass is 10.1. The van der Waals surface area contributed by atoms with E-state index in [1.165, 1.54) is 6.92 Å². The lowest BCUT2D eigenvalue weighted by Crippen LogP contribution is -2.28. The normalized spacial score (nSPS) is 15.6. The summed E-state index contributed by atoms with van der Waals surface area (Å²) in [5.41, 5.74) is -0.0176. The largest absolute Gasteiger partial charge is 0.490 e. The summed E-state index contributed by atoms with van der Waals surface area (Å²) < 4.78 is 4.95. The van der Waals surface area contributed by atoms with E-state index < -0.39 is 17.5 Å². The fraction of sp³-hybridized carbons (Fsp3) is 0.300. The van der Waals surface area contributed by atoms with Gasteiger partial charge in [0.25, 0.3) is 0 Å². The number of hydrogen-bond donors (Lipinski definition) is 1. The van der Waals surface area contributed by atoms with Crippen molar-refractivity contribution < 1.29 is 19.1 Å². The first-order valence-corrected chi connectivity index (χ1v) is 4.47. The Hall–Kier alpha value is -1.91. The Morgan fingerprint density at radius 3 is 2.53 bits per heavy atom. The number of carbonyl (C=O) groups excluding carboxylic acids is 3. The van der Waals surface area contributed by atoms with Gasteiger partial charge in [0.15, 0.2) is 5.76 Å². The molecule has 1 N–H and O–H groups in total. The Balaban J connectivity index is 2.83. The number of hydrogen-bond acceptors (Lipinski definition) is 4. The molecular formula is C10H11NO4. The molecular weight excluding hydrogens is 198 g/mol. The molecule has 0 bridgehead atoms. The summed E-state index contributed by atoms with van der Waals surface area (Å²) in [5, 5.41) is 2.28. The van der Waals surface area contributed by atoms with Gasteiger partial charge in [0.1, 0.15) is 0 Å². The second-order valence-corrected chi connectivity index (χ2v) is 2.91. The summed E-state index contributed by atoms with van der Waals surface area (Å²) in [4.78, 5) is 33.4. The number of allylic oxidation sites excluding steroid dienone is 2. The van der Waals surface area contributed by atoms with E-state index >= 15 is 0 Å². The van der Waals surface area contributed by atoms with E-state index in [9.17, 15) is 14.4 Å². The molecule has 1 aliphatic carbocycles. The molecule has 0 saturated heterocycles. The van der Waals surface area contributed by atoms with Crippen LogP contribution in [0.5, 0.6) is 0 Å². The summed E-state index contributed by atoms with van der Waals surface area (Å²) >= 11 is 0. The van der Waals surface area contributed by atoms with Crippen LogP contribution in [-0.2, 0) is 19.1 Å². The van der Waals surface area contributed by atoms with Crippen LogP contribution in [0.25, 0.3) is 0 Å². The van der Waals surface area contributed by atoms with Crippen molar-refractivity contribution in [2.45, 2.75) is 13.8 Å². The van der Waals surface area contributed by atoms with E-state index in [0.717, 1.165) is 12.2 Å². The van der Waals surface area contributed by atoms with E-state index in [2.05, 4.69) is 5.32 Å². The maximum Gasteiger partial charge on any atom is 0.222 e. The van der Waals surface area contributed by atoms with Gasteiger partial charge >= 0.3 is 0 Å². The van der Waals surface area contributed by atoms with Gasteiger partial charge in [0.2, 0.25) is 17.5 Å². The Labute approximate surface area is 86.8 Å². The minimum absolute atomic E-state index is 0.0107. The minimum atomic E-state index is -0.437. The van der Waals surface area contributed by atoms with Gasteiger partial charge in [-0.25, -0.2) is 0 Å². The Morgan fingerprint density at radius 1 is 1.33 bits per heavy atom. The van der Waals surface area contributed by atoms with Crippen LogP contribution >= 0.6 is 0 Å². The van der Waals surface area contributed by atoms with Crippen LogP contribution in [0.1, 0.15) is 13.8 Å². The molecule has 5 heteroatoms. The molecule has 0 aromatic rings. The predicted octanol–water partition coefficient (Wildman–Crippen LogP) is 0.0786. The predicted molar refractivity (Wildman–Crippen MR) is 51.6 cm³/mol. The molecule has 80 valence electrons. The van der Waals surface area contributed by atoms with Crippen LogP contribution in [0.4, 0.5) is 0 Å². The zero-order chi connectivity index (χ0) is 11.4. The van der Waals surface area contributed by atoms with Crippen molar-refractivity contribution in [3.8, 4) is 0 Å². The van der Waals surface area contributed by atoms with Crippen molar-refractivity contribution in [1.29, 1.82) is 0 Å². The molecule has 0 unspecified atom stereocenters. The van der Waals surface area contributed by atoms with Crippen molar-refractivity contribution in [3.63, 3.8) is 0 Å². The third-order valence-electron chi connectivity index (χ3n) is 1.66. The zero-order valence-corrected chi connectivity index (χ0v) is 8.49. The lowest BCUT2D eigenvalue weighted by molar-refractivity contribution is -0.121. The molecule has 0 radical (unpaired) electrons. The van der Waals surface area contributed by atoms with Gasteiger partial charge < -0.3 is 10.1 Å². The summed E-state index contributed by atoms with van der Waals surface area (Å²) in [5.74, 6) is -1.24. The van der Waals surface area contributed by atoms with Crippen LogP contribution in [0.3, 0.4) is 0 Å². The lowest BCUT2D eigenvalue weighted by Gasteiger charge is -2.12. The van der Waals surface area contributed by atoms with Gasteiger partial charge in [0.05, 0.1) is 12.3 Å². The van der Waals surface area contributed by atoms with E-state index in [4.69, 9.17) is 4.74 Å². The number of carbonyl (C=O) groups is 3. The van der Waals surface area contributed by atoms with Gasteiger partial charge in [-0.05, 0) is 6.92 Å². The number of amides is 1. The molecule has 0 aromatic carbocycles. The SMILES string of the molecule is CCOC1=CC(=O)C(NC(C)=O)=CC1=O. The standard InChI is InChI=1S/C10H11NO4/c1-3-15-10-5-8(13)7(4-9(10)14)11-6(2)12/h4-5H,3H2,1-2H3,(H,11,12). The van der Waals surface area contributed by atoms with Crippen molar-refractivity contribution in [3.05, 3.63) is 23.6 Å². The fourth-order valence-corrected chi connectivity index (χ4v) is 1.10. The average Bonchev–Trinajstić information content (AvgIpc) is 2.13. The van der Waals surface area contributed by atoms with E-state index in [0.29, 0.717) is 6.61 Å². The highest BCUT2D eigenvalue weighted by atomic mass is 16.5. The molecule has 5 nitrogen and oxygen atoms in total. The molecule has 0 heterocycles. The van der Waals surface area contributed by atoms with Gasteiger partial charge in [-0.1, -0.05) is 0 Å². The Bertz CT molecular complexity index is 379. The fourth-order valence-electron chi connectivity index (χ4n) is 1.10. The monoisotopic (exact) mass is 209 g/mol. The van der Waals surface area contributed by atoms with Crippen molar-refractivity contribution in [2.75, 3.05) is 6.61 Å². The summed E-state index contributed by atoms with van der Waals surface area (Å²) in [6.45, 7) is 3.29. The molecule has 0 fully saturated rings. The van der Waals surface area contributed by atoms with Gasteiger partial charge in [0, 0.05) is 19.1 Å². The van der Waals surface area contributed by atoms with Gasteiger partial charge in [-0.15, -0.1) is 0 Å². The van der Waals surface area contributed by atoms with Gasteiger partial charge in [-0.2, -0.15) is 0 Å². The van der Waals surface area contributed by atoms with Crippen LogP contribution in [0, 0.1) is 0 Å². The molecule has 0 saturated carbocycles.